The highest BCUT2D eigenvalue weighted by Crippen LogP contribution is 2.15. The molecule has 0 fully saturated rings. The Morgan fingerprint density at radius 1 is 0.582 bits per heavy atom. The van der Waals surface area contributed by atoms with Crippen molar-refractivity contribution < 1.29 is 24.5 Å². The van der Waals surface area contributed by atoms with Gasteiger partial charge in [0, 0.05) is 6.42 Å². The molecule has 0 rings (SSSR count). The van der Waals surface area contributed by atoms with Gasteiger partial charge in [0.05, 0.1) is 25.2 Å². The number of carbonyl (C=O) groups excluding carboxylic acids is 2. The molecule has 0 aliphatic rings. The summed E-state index contributed by atoms with van der Waals surface area (Å²) in [5.74, 6) is -0.637. The van der Waals surface area contributed by atoms with E-state index in [2.05, 4.69) is 68.6 Å². The summed E-state index contributed by atoms with van der Waals surface area (Å²) in [6, 6.07) is -0.738. The minimum atomic E-state index is -0.815. The third-order valence-corrected chi connectivity index (χ3v) is 9.86. The van der Waals surface area contributed by atoms with Gasteiger partial charge in [-0.1, -0.05) is 203 Å². The predicted octanol–water partition coefficient (Wildman–Crippen LogP) is 13.1. The second-order valence-corrected chi connectivity index (χ2v) is 15.2. The summed E-state index contributed by atoms with van der Waals surface area (Å²) in [5, 5.41) is 23.5. The molecule has 0 aromatic rings. The van der Waals surface area contributed by atoms with Gasteiger partial charge in [-0.05, 0) is 57.4 Å². The van der Waals surface area contributed by atoms with Gasteiger partial charge in [-0.3, -0.25) is 9.59 Å². The number of rotatable bonds is 39. The van der Waals surface area contributed by atoms with Crippen molar-refractivity contribution in [1.29, 1.82) is 0 Å². The molecular formula is C49H85NO5. The molecule has 0 aliphatic carbocycles. The first kappa shape index (κ1) is 52.3. The van der Waals surface area contributed by atoms with E-state index in [1.54, 1.807) is 0 Å². The minimum Gasteiger partial charge on any atom is -0.458 e. The van der Waals surface area contributed by atoms with E-state index in [0.29, 0.717) is 19.3 Å². The number of hydrogen-bond acceptors (Lipinski definition) is 5. The first-order valence-corrected chi connectivity index (χ1v) is 22.7. The number of ether oxygens (including phenoxy) is 1. The van der Waals surface area contributed by atoms with Crippen LogP contribution in [0.5, 0.6) is 0 Å². The van der Waals surface area contributed by atoms with Crippen LogP contribution >= 0.6 is 0 Å². The molecule has 3 unspecified atom stereocenters. The van der Waals surface area contributed by atoms with Crippen molar-refractivity contribution in [3.63, 3.8) is 0 Å². The Balaban J connectivity index is 4.73. The first-order chi connectivity index (χ1) is 27.0. The number of allylic oxidation sites excluding steroid dienone is 11. The van der Waals surface area contributed by atoms with Gasteiger partial charge >= 0.3 is 5.97 Å². The van der Waals surface area contributed by atoms with Gasteiger partial charge in [0.25, 0.3) is 0 Å². The van der Waals surface area contributed by atoms with Crippen LogP contribution in [0.15, 0.2) is 72.9 Å². The molecule has 0 aliphatic heterocycles. The summed E-state index contributed by atoms with van der Waals surface area (Å²) in [5.41, 5.74) is 0. The maximum atomic E-state index is 13.1. The van der Waals surface area contributed by atoms with E-state index in [0.717, 1.165) is 70.6 Å². The van der Waals surface area contributed by atoms with Crippen molar-refractivity contribution in [2.24, 2.45) is 0 Å². The van der Waals surface area contributed by atoms with Crippen LogP contribution in [-0.2, 0) is 14.3 Å². The first-order valence-electron chi connectivity index (χ1n) is 22.7. The molecule has 316 valence electrons. The van der Waals surface area contributed by atoms with Crippen molar-refractivity contribution in [1.82, 2.24) is 5.32 Å². The molecule has 0 bridgehead atoms. The Labute approximate surface area is 339 Å². The van der Waals surface area contributed by atoms with Gasteiger partial charge in [-0.2, -0.15) is 0 Å². The lowest BCUT2D eigenvalue weighted by Gasteiger charge is -2.23. The Bertz CT molecular complexity index is 1040. The van der Waals surface area contributed by atoms with E-state index in [-0.39, 0.29) is 24.9 Å². The molecule has 0 heterocycles. The lowest BCUT2D eigenvalue weighted by Crippen LogP contribution is -2.46. The van der Waals surface area contributed by atoms with Crippen molar-refractivity contribution in [3.05, 3.63) is 72.9 Å². The zero-order valence-corrected chi connectivity index (χ0v) is 35.8. The molecule has 0 saturated carbocycles. The van der Waals surface area contributed by atoms with E-state index in [1.807, 2.05) is 30.4 Å². The predicted molar refractivity (Wildman–Crippen MR) is 236 cm³/mol. The lowest BCUT2D eigenvalue weighted by molar-refractivity contribution is -0.148. The number of nitrogens with one attached hydrogen (secondary N) is 1. The summed E-state index contributed by atoms with van der Waals surface area (Å²) < 4.78 is 5.79. The Morgan fingerprint density at radius 3 is 1.67 bits per heavy atom. The van der Waals surface area contributed by atoms with E-state index >= 15 is 0 Å². The van der Waals surface area contributed by atoms with Crippen molar-refractivity contribution in [3.8, 4) is 0 Å². The summed E-state index contributed by atoms with van der Waals surface area (Å²) in [6.45, 7) is 6.26. The number of aliphatic hydroxyl groups is 2. The quantitative estimate of drug-likeness (QED) is 0.0250. The highest BCUT2D eigenvalue weighted by atomic mass is 16.5. The smallest absolute Gasteiger partial charge is 0.306 e. The van der Waals surface area contributed by atoms with E-state index in [4.69, 9.17) is 4.74 Å². The molecule has 1 amide bonds. The molecule has 55 heavy (non-hydrogen) atoms. The number of hydrogen-bond donors (Lipinski definition) is 3. The molecule has 0 spiro atoms. The summed E-state index contributed by atoms with van der Waals surface area (Å²) >= 11 is 0. The largest absolute Gasteiger partial charge is 0.458 e. The van der Waals surface area contributed by atoms with Crippen molar-refractivity contribution in [2.45, 2.75) is 219 Å². The SMILES string of the molecule is CC/C=C/C=C/C=C/C=C\CCCCCCCC(=O)OC(/C=C/C/C=C\CCCCCCCC)CC(=O)NC(CO)C(O)CCCCCCCCCCCC. The zero-order chi connectivity index (χ0) is 40.3. The highest BCUT2D eigenvalue weighted by Gasteiger charge is 2.23. The average molecular weight is 768 g/mol. The fraction of sp³-hybridized carbons (Fsp3) is 0.714. The second-order valence-electron chi connectivity index (χ2n) is 15.2. The molecule has 0 aromatic carbocycles. The topological polar surface area (TPSA) is 95.9 Å². The summed E-state index contributed by atoms with van der Waals surface area (Å²) in [4.78, 5) is 25.9. The highest BCUT2D eigenvalue weighted by molar-refractivity contribution is 5.78. The number of esters is 1. The van der Waals surface area contributed by atoms with Gasteiger partial charge in [0.2, 0.25) is 5.91 Å². The van der Waals surface area contributed by atoms with Crippen LogP contribution in [0.25, 0.3) is 0 Å². The summed E-state index contributed by atoms with van der Waals surface area (Å²) in [6.07, 6.45) is 52.7. The van der Waals surface area contributed by atoms with Crippen LogP contribution in [-0.4, -0.2) is 46.9 Å². The molecular weight excluding hydrogens is 683 g/mol. The normalized spacial score (nSPS) is 14.1. The Hall–Kier alpha value is -2.70. The van der Waals surface area contributed by atoms with E-state index in [1.165, 1.54) is 83.5 Å². The van der Waals surface area contributed by atoms with Crippen LogP contribution in [0.1, 0.15) is 201 Å². The summed E-state index contributed by atoms with van der Waals surface area (Å²) in [7, 11) is 0. The van der Waals surface area contributed by atoms with Gasteiger partial charge in [-0.15, -0.1) is 0 Å². The molecule has 0 aromatic heterocycles. The van der Waals surface area contributed by atoms with Gasteiger partial charge in [0.15, 0.2) is 0 Å². The van der Waals surface area contributed by atoms with Crippen molar-refractivity contribution >= 4 is 11.9 Å². The minimum absolute atomic E-state index is 0.0416. The molecule has 6 nitrogen and oxygen atoms in total. The van der Waals surface area contributed by atoms with Crippen LogP contribution in [0.3, 0.4) is 0 Å². The Morgan fingerprint density at radius 2 is 1.09 bits per heavy atom. The molecule has 6 heteroatoms. The second kappa shape index (κ2) is 42.4. The van der Waals surface area contributed by atoms with Crippen LogP contribution in [0.4, 0.5) is 0 Å². The van der Waals surface area contributed by atoms with Gasteiger partial charge in [0.1, 0.15) is 6.10 Å². The van der Waals surface area contributed by atoms with E-state index < -0.39 is 18.2 Å². The molecule has 3 N–H and O–H groups in total. The monoisotopic (exact) mass is 768 g/mol. The van der Waals surface area contributed by atoms with Gasteiger partial charge in [-0.25, -0.2) is 0 Å². The number of amides is 1. The number of carbonyl (C=O) groups is 2. The van der Waals surface area contributed by atoms with Crippen LogP contribution in [0.2, 0.25) is 0 Å². The van der Waals surface area contributed by atoms with Gasteiger partial charge < -0.3 is 20.3 Å². The maximum Gasteiger partial charge on any atom is 0.306 e. The van der Waals surface area contributed by atoms with Crippen molar-refractivity contribution in [2.75, 3.05) is 6.61 Å². The maximum absolute atomic E-state index is 13.1. The van der Waals surface area contributed by atoms with Crippen LogP contribution < -0.4 is 5.32 Å². The fourth-order valence-electron chi connectivity index (χ4n) is 6.40. The zero-order valence-electron chi connectivity index (χ0n) is 35.8. The fourth-order valence-corrected chi connectivity index (χ4v) is 6.40. The third-order valence-electron chi connectivity index (χ3n) is 9.86. The molecule has 3 atom stereocenters. The number of unbranched alkanes of at least 4 members (excludes halogenated alkanes) is 20. The molecule has 0 radical (unpaired) electrons. The Kier molecular flexibility index (Phi) is 40.4. The third kappa shape index (κ3) is 38.0. The number of aliphatic hydroxyl groups excluding tert-OH is 2. The van der Waals surface area contributed by atoms with E-state index in [9.17, 15) is 19.8 Å². The standard InChI is InChI=1S/C49H85NO5/c1-4-7-10-13-16-19-22-23-24-25-27-30-33-36-39-42-49(54)55-45(40-37-34-31-28-26-20-17-14-11-8-5-2)43-48(53)50-46(44-51)47(52)41-38-35-32-29-21-18-15-12-9-6-3/h7,10,13,16,19,22-24,28,31,37,40,45-47,51-52H,4-6,8-9,11-12,14-15,17-18,20-21,25-27,29-30,32-36,38-39,41-44H2,1-3H3,(H,50,53)/b10-7+,16-13+,22-19+,24-23-,31-28-,40-37+. The molecule has 0 saturated heterocycles. The van der Waals surface area contributed by atoms with Crippen LogP contribution in [0, 0.1) is 0 Å². The average Bonchev–Trinajstić information content (AvgIpc) is 3.18. The lowest BCUT2D eigenvalue weighted by atomic mass is 10.0.